The fourth-order valence-corrected chi connectivity index (χ4v) is 2.03. The van der Waals surface area contributed by atoms with Gasteiger partial charge >= 0.3 is 5.97 Å². The zero-order chi connectivity index (χ0) is 18.4. The molecule has 0 aliphatic heterocycles. The van der Waals surface area contributed by atoms with E-state index in [0.717, 1.165) is 0 Å². The molecule has 25 heavy (non-hydrogen) atoms. The molecule has 134 valence electrons. The average Bonchev–Trinajstić information content (AvgIpc) is 2.98. The van der Waals surface area contributed by atoms with Gasteiger partial charge < -0.3 is 19.3 Å². The average molecular weight is 346 g/mol. The number of nitrogens with zero attached hydrogens (tertiary/aromatic N) is 1. The highest BCUT2D eigenvalue weighted by Crippen LogP contribution is 2.18. The molecule has 0 saturated carbocycles. The van der Waals surface area contributed by atoms with Crippen LogP contribution in [0.2, 0.25) is 0 Å². The van der Waals surface area contributed by atoms with Gasteiger partial charge in [-0.2, -0.15) is 0 Å². The molecular weight excluding hydrogens is 324 g/mol. The van der Waals surface area contributed by atoms with E-state index in [0.29, 0.717) is 17.4 Å². The highest BCUT2D eigenvalue weighted by Gasteiger charge is 2.19. The lowest BCUT2D eigenvalue weighted by molar-refractivity contribution is -0.155. The molecule has 7 heteroatoms. The minimum atomic E-state index is -0.976. The number of esters is 1. The van der Waals surface area contributed by atoms with E-state index < -0.39 is 18.0 Å². The van der Waals surface area contributed by atoms with Crippen LogP contribution in [0.3, 0.4) is 0 Å². The van der Waals surface area contributed by atoms with Crippen molar-refractivity contribution in [1.82, 2.24) is 5.16 Å². The maximum absolute atomic E-state index is 11.9. The summed E-state index contributed by atoms with van der Waals surface area (Å²) in [5.74, 6) is 0.696. The number of hydrogen-bond acceptors (Lipinski definition) is 6. The number of carbonyl (C=O) groups excluding carboxylic acids is 2. The molecule has 2 aromatic rings. The Morgan fingerprint density at radius 3 is 2.44 bits per heavy atom. The third kappa shape index (κ3) is 5.63. The van der Waals surface area contributed by atoms with Crippen molar-refractivity contribution in [3.8, 4) is 5.75 Å². The first-order valence-corrected chi connectivity index (χ1v) is 8.01. The molecule has 0 aliphatic rings. The second-order valence-electron chi connectivity index (χ2n) is 5.96. The Labute approximate surface area is 146 Å². The Morgan fingerprint density at radius 2 is 1.88 bits per heavy atom. The van der Waals surface area contributed by atoms with Crippen LogP contribution >= 0.6 is 0 Å². The summed E-state index contributed by atoms with van der Waals surface area (Å²) in [5, 5.41) is 6.14. The van der Waals surface area contributed by atoms with E-state index in [-0.39, 0.29) is 12.4 Å². The van der Waals surface area contributed by atoms with Crippen LogP contribution in [-0.4, -0.2) is 29.7 Å². The predicted octanol–water partition coefficient (Wildman–Crippen LogP) is 3.06. The Bertz CT molecular complexity index is 721. The number of anilines is 1. The van der Waals surface area contributed by atoms with E-state index in [9.17, 15) is 9.59 Å². The van der Waals surface area contributed by atoms with E-state index in [4.69, 9.17) is 14.0 Å². The number of benzene rings is 1. The van der Waals surface area contributed by atoms with Crippen molar-refractivity contribution in [3.63, 3.8) is 0 Å². The molecule has 0 bridgehead atoms. The fraction of sp³-hybridized carbons (Fsp3) is 0.389. The molecule has 0 unspecified atom stereocenters. The van der Waals surface area contributed by atoms with Crippen molar-refractivity contribution in [2.75, 3.05) is 11.9 Å². The molecule has 0 aliphatic carbocycles. The molecule has 1 aromatic heterocycles. The highest BCUT2D eigenvalue weighted by molar-refractivity contribution is 5.94. The Balaban J connectivity index is 1.77. The summed E-state index contributed by atoms with van der Waals surface area (Å²) in [5.41, 5.74) is 1.18. The van der Waals surface area contributed by atoms with Crippen LogP contribution in [0.1, 0.15) is 38.0 Å². The number of carbonyl (C=O) groups is 2. The van der Waals surface area contributed by atoms with Crippen LogP contribution in [0.15, 0.2) is 34.9 Å². The van der Waals surface area contributed by atoms with Gasteiger partial charge in [0.15, 0.2) is 18.5 Å². The van der Waals surface area contributed by atoms with Gasteiger partial charge in [-0.15, -0.1) is 0 Å². The zero-order valence-corrected chi connectivity index (χ0v) is 14.7. The van der Waals surface area contributed by atoms with Crippen LogP contribution in [0.5, 0.6) is 5.75 Å². The standard InChI is InChI=1S/C18H22N2O5/c1-11(2)14-5-7-15(8-6-14)23-10-17(21)24-13(4)18(22)19-16-9-12(3)25-20-16/h5-9,11,13H,10H2,1-4H3,(H,19,20,22)/t13-/m1/s1. The molecule has 0 radical (unpaired) electrons. The number of rotatable bonds is 7. The van der Waals surface area contributed by atoms with Gasteiger partial charge in [0.25, 0.3) is 5.91 Å². The first kappa shape index (κ1) is 18.5. The van der Waals surface area contributed by atoms with Crippen LogP contribution in [0, 0.1) is 6.92 Å². The van der Waals surface area contributed by atoms with Crippen molar-refractivity contribution >= 4 is 17.7 Å². The molecule has 0 fully saturated rings. The Hall–Kier alpha value is -2.83. The topological polar surface area (TPSA) is 90.7 Å². The van der Waals surface area contributed by atoms with Gasteiger partial charge in [-0.1, -0.05) is 31.1 Å². The van der Waals surface area contributed by atoms with Crippen molar-refractivity contribution in [2.24, 2.45) is 0 Å². The minimum Gasteiger partial charge on any atom is -0.482 e. The van der Waals surface area contributed by atoms with Gasteiger partial charge in [-0.05, 0) is 37.5 Å². The maximum Gasteiger partial charge on any atom is 0.344 e. The predicted molar refractivity (Wildman–Crippen MR) is 91.4 cm³/mol. The van der Waals surface area contributed by atoms with Gasteiger partial charge in [0, 0.05) is 6.07 Å². The van der Waals surface area contributed by atoms with Crippen LogP contribution in [-0.2, 0) is 14.3 Å². The third-order valence-electron chi connectivity index (χ3n) is 3.46. The van der Waals surface area contributed by atoms with Crippen molar-refractivity contribution < 1.29 is 23.6 Å². The molecule has 1 heterocycles. The zero-order valence-electron chi connectivity index (χ0n) is 14.7. The van der Waals surface area contributed by atoms with Gasteiger partial charge in [0.05, 0.1) is 0 Å². The molecule has 7 nitrogen and oxygen atoms in total. The molecule has 0 saturated heterocycles. The van der Waals surface area contributed by atoms with E-state index >= 15 is 0 Å². The second kappa shape index (κ2) is 8.32. The number of nitrogens with one attached hydrogen (secondary N) is 1. The number of aryl methyl sites for hydroxylation is 1. The second-order valence-corrected chi connectivity index (χ2v) is 5.96. The van der Waals surface area contributed by atoms with E-state index in [1.165, 1.54) is 12.5 Å². The third-order valence-corrected chi connectivity index (χ3v) is 3.46. The molecule has 2 rings (SSSR count). The molecular formula is C18H22N2O5. The monoisotopic (exact) mass is 346 g/mol. The number of ether oxygens (including phenoxy) is 2. The maximum atomic E-state index is 11.9. The summed E-state index contributed by atoms with van der Waals surface area (Å²) in [7, 11) is 0. The smallest absolute Gasteiger partial charge is 0.344 e. The van der Waals surface area contributed by atoms with Gasteiger partial charge in [-0.25, -0.2) is 4.79 Å². The quantitative estimate of drug-likeness (QED) is 0.775. The van der Waals surface area contributed by atoms with Crippen molar-refractivity contribution in [1.29, 1.82) is 0 Å². The summed E-state index contributed by atoms with van der Waals surface area (Å²) in [4.78, 5) is 23.7. The molecule has 1 amide bonds. The lowest BCUT2D eigenvalue weighted by Crippen LogP contribution is -2.31. The molecule has 0 spiro atoms. The van der Waals surface area contributed by atoms with Gasteiger partial charge in [0.1, 0.15) is 11.5 Å². The van der Waals surface area contributed by atoms with E-state index in [2.05, 4.69) is 24.3 Å². The van der Waals surface area contributed by atoms with Crippen molar-refractivity contribution in [2.45, 2.75) is 39.7 Å². The lowest BCUT2D eigenvalue weighted by Gasteiger charge is -2.13. The SMILES string of the molecule is Cc1cc(NC(=O)[C@@H](C)OC(=O)COc2ccc(C(C)C)cc2)no1. The largest absolute Gasteiger partial charge is 0.482 e. The van der Waals surface area contributed by atoms with Crippen LogP contribution in [0.4, 0.5) is 5.82 Å². The molecule has 1 aromatic carbocycles. The number of hydrogen-bond donors (Lipinski definition) is 1. The first-order valence-electron chi connectivity index (χ1n) is 8.01. The number of aromatic nitrogens is 1. The molecule has 1 atom stereocenters. The lowest BCUT2D eigenvalue weighted by atomic mass is 10.0. The van der Waals surface area contributed by atoms with Gasteiger partial charge in [0.2, 0.25) is 0 Å². The van der Waals surface area contributed by atoms with E-state index in [1.807, 2.05) is 12.1 Å². The summed E-state index contributed by atoms with van der Waals surface area (Å²) < 4.78 is 15.3. The Morgan fingerprint density at radius 1 is 1.20 bits per heavy atom. The van der Waals surface area contributed by atoms with Gasteiger partial charge in [-0.3, -0.25) is 4.79 Å². The highest BCUT2D eigenvalue weighted by atomic mass is 16.6. The Kier molecular flexibility index (Phi) is 6.16. The molecule has 1 N–H and O–H groups in total. The van der Waals surface area contributed by atoms with Crippen LogP contribution < -0.4 is 10.1 Å². The van der Waals surface area contributed by atoms with E-state index in [1.54, 1.807) is 25.1 Å². The fourth-order valence-electron chi connectivity index (χ4n) is 2.03. The number of amides is 1. The summed E-state index contributed by atoms with van der Waals surface area (Å²) in [6.45, 7) is 7.09. The summed E-state index contributed by atoms with van der Waals surface area (Å²) in [6.07, 6.45) is -0.976. The summed E-state index contributed by atoms with van der Waals surface area (Å²) >= 11 is 0. The van der Waals surface area contributed by atoms with Crippen LogP contribution in [0.25, 0.3) is 0 Å². The minimum absolute atomic E-state index is 0.270. The summed E-state index contributed by atoms with van der Waals surface area (Å²) in [6, 6.07) is 9.05. The normalized spacial score (nSPS) is 11.9. The van der Waals surface area contributed by atoms with Crippen molar-refractivity contribution in [3.05, 3.63) is 41.7 Å². The first-order chi connectivity index (χ1) is 11.8.